The van der Waals surface area contributed by atoms with E-state index in [1.54, 1.807) is 19.4 Å². The third kappa shape index (κ3) is 3.05. The number of hydrogen-bond donors (Lipinski definition) is 1. The highest BCUT2D eigenvalue weighted by Crippen LogP contribution is 2.20. The van der Waals surface area contributed by atoms with Crippen molar-refractivity contribution in [2.75, 3.05) is 20.3 Å². The van der Waals surface area contributed by atoms with Crippen molar-refractivity contribution in [3.8, 4) is 11.5 Å². The van der Waals surface area contributed by atoms with E-state index in [-0.39, 0.29) is 12.5 Å². The molecule has 2 aromatic rings. The standard InChI is InChI=1S/C14H16O4/c1-16-12-4-6-13(7-5-12)18-10-11(9-15)14-3-2-8-17-14/h2-8,11,15H,9-10H2,1H3. The molecule has 2 rings (SSSR count). The van der Waals surface area contributed by atoms with Crippen LogP contribution in [0.3, 0.4) is 0 Å². The smallest absolute Gasteiger partial charge is 0.119 e. The molecule has 4 heteroatoms. The van der Waals surface area contributed by atoms with Gasteiger partial charge in [0.2, 0.25) is 0 Å². The molecule has 0 aliphatic carbocycles. The van der Waals surface area contributed by atoms with Gasteiger partial charge in [0.15, 0.2) is 0 Å². The lowest BCUT2D eigenvalue weighted by Crippen LogP contribution is -2.13. The highest BCUT2D eigenvalue weighted by Gasteiger charge is 2.14. The average Bonchev–Trinajstić information content (AvgIpc) is 2.94. The molecule has 4 nitrogen and oxygen atoms in total. The summed E-state index contributed by atoms with van der Waals surface area (Å²) < 4.78 is 15.9. The summed E-state index contributed by atoms with van der Waals surface area (Å²) in [5, 5.41) is 9.30. The molecule has 0 aliphatic rings. The summed E-state index contributed by atoms with van der Waals surface area (Å²) in [4.78, 5) is 0. The number of hydrogen-bond acceptors (Lipinski definition) is 4. The maximum atomic E-state index is 9.30. The Morgan fingerprint density at radius 1 is 1.17 bits per heavy atom. The fourth-order valence-corrected chi connectivity index (χ4v) is 1.62. The van der Waals surface area contributed by atoms with Gasteiger partial charge in [0.05, 0.1) is 25.9 Å². The Bertz CT molecular complexity index is 447. The summed E-state index contributed by atoms with van der Waals surface area (Å²) >= 11 is 0. The van der Waals surface area contributed by atoms with Crippen LogP contribution in [0, 0.1) is 0 Å². The van der Waals surface area contributed by atoms with Gasteiger partial charge in [0.1, 0.15) is 23.9 Å². The first-order chi connectivity index (χ1) is 8.83. The summed E-state index contributed by atoms with van der Waals surface area (Å²) in [6.45, 7) is 0.361. The molecule has 0 aliphatic heterocycles. The Balaban J connectivity index is 1.93. The Morgan fingerprint density at radius 3 is 2.44 bits per heavy atom. The lowest BCUT2D eigenvalue weighted by molar-refractivity contribution is 0.190. The van der Waals surface area contributed by atoms with Crippen molar-refractivity contribution in [1.82, 2.24) is 0 Å². The SMILES string of the molecule is COc1ccc(OCC(CO)c2ccco2)cc1. The van der Waals surface area contributed by atoms with Crippen LogP contribution < -0.4 is 9.47 Å². The monoisotopic (exact) mass is 248 g/mol. The molecule has 0 amide bonds. The average molecular weight is 248 g/mol. The molecule has 0 saturated carbocycles. The van der Waals surface area contributed by atoms with Crippen LogP contribution in [-0.2, 0) is 0 Å². The van der Waals surface area contributed by atoms with Crippen LogP contribution >= 0.6 is 0 Å². The number of ether oxygens (including phenoxy) is 2. The van der Waals surface area contributed by atoms with Crippen LogP contribution in [0.25, 0.3) is 0 Å². The van der Waals surface area contributed by atoms with Gasteiger partial charge in [-0.15, -0.1) is 0 Å². The van der Waals surface area contributed by atoms with Crippen LogP contribution in [0.2, 0.25) is 0 Å². The number of furan rings is 1. The molecule has 1 aromatic heterocycles. The maximum absolute atomic E-state index is 9.30. The van der Waals surface area contributed by atoms with Gasteiger partial charge >= 0.3 is 0 Å². The Morgan fingerprint density at radius 2 is 1.89 bits per heavy atom. The topological polar surface area (TPSA) is 51.8 Å². The van der Waals surface area contributed by atoms with Gasteiger partial charge in [0, 0.05) is 0 Å². The second-order valence-corrected chi connectivity index (χ2v) is 3.88. The minimum atomic E-state index is -0.151. The molecule has 0 bridgehead atoms. The van der Waals surface area contributed by atoms with Gasteiger partial charge in [-0.25, -0.2) is 0 Å². The summed E-state index contributed by atoms with van der Waals surface area (Å²) in [7, 11) is 1.62. The first-order valence-corrected chi connectivity index (χ1v) is 5.74. The first kappa shape index (κ1) is 12.5. The quantitative estimate of drug-likeness (QED) is 0.853. The van der Waals surface area contributed by atoms with Crippen molar-refractivity contribution in [3.63, 3.8) is 0 Å². The van der Waals surface area contributed by atoms with Gasteiger partial charge in [-0.1, -0.05) is 0 Å². The zero-order valence-corrected chi connectivity index (χ0v) is 10.2. The molecule has 0 fully saturated rings. The van der Waals surface area contributed by atoms with Gasteiger partial charge in [-0.2, -0.15) is 0 Å². The molecule has 1 atom stereocenters. The van der Waals surface area contributed by atoms with Crippen molar-refractivity contribution in [1.29, 1.82) is 0 Å². The number of methoxy groups -OCH3 is 1. The zero-order chi connectivity index (χ0) is 12.8. The highest BCUT2D eigenvalue weighted by atomic mass is 16.5. The van der Waals surface area contributed by atoms with Crippen LogP contribution in [0.15, 0.2) is 47.1 Å². The third-order valence-electron chi connectivity index (χ3n) is 2.68. The summed E-state index contributed by atoms with van der Waals surface area (Å²) in [6, 6.07) is 10.9. The molecule has 1 unspecified atom stereocenters. The zero-order valence-electron chi connectivity index (χ0n) is 10.2. The normalized spacial score (nSPS) is 12.1. The predicted molar refractivity (Wildman–Crippen MR) is 67.0 cm³/mol. The Labute approximate surface area is 106 Å². The van der Waals surface area contributed by atoms with E-state index in [0.717, 1.165) is 17.3 Å². The van der Waals surface area contributed by atoms with Gasteiger partial charge in [-0.3, -0.25) is 0 Å². The van der Waals surface area contributed by atoms with Gasteiger partial charge in [-0.05, 0) is 36.4 Å². The van der Waals surface area contributed by atoms with E-state index < -0.39 is 0 Å². The Kier molecular flexibility index (Phi) is 4.25. The lowest BCUT2D eigenvalue weighted by atomic mass is 10.1. The summed E-state index contributed by atoms with van der Waals surface area (Å²) in [6.07, 6.45) is 1.59. The first-order valence-electron chi connectivity index (χ1n) is 5.74. The molecular formula is C14H16O4. The summed E-state index contributed by atoms with van der Waals surface area (Å²) in [5.74, 6) is 2.10. The largest absolute Gasteiger partial charge is 0.497 e. The molecule has 18 heavy (non-hydrogen) atoms. The van der Waals surface area contributed by atoms with Gasteiger partial charge < -0.3 is 19.0 Å². The van der Waals surface area contributed by atoms with Crippen LogP contribution in [-0.4, -0.2) is 25.4 Å². The van der Waals surface area contributed by atoms with E-state index in [1.165, 1.54) is 0 Å². The second-order valence-electron chi connectivity index (χ2n) is 3.88. The number of aliphatic hydroxyl groups is 1. The van der Waals surface area contributed by atoms with Crippen molar-refractivity contribution in [2.45, 2.75) is 5.92 Å². The number of benzene rings is 1. The second kappa shape index (κ2) is 6.12. The predicted octanol–water partition coefficient (Wildman–Crippen LogP) is 2.44. The van der Waals surface area contributed by atoms with E-state index >= 15 is 0 Å². The highest BCUT2D eigenvalue weighted by molar-refractivity contribution is 5.31. The van der Waals surface area contributed by atoms with E-state index in [2.05, 4.69) is 0 Å². The van der Waals surface area contributed by atoms with Crippen LogP contribution in [0.5, 0.6) is 11.5 Å². The molecule has 1 aromatic carbocycles. The van der Waals surface area contributed by atoms with E-state index in [4.69, 9.17) is 13.9 Å². The number of rotatable bonds is 6. The molecule has 1 heterocycles. The maximum Gasteiger partial charge on any atom is 0.119 e. The fourth-order valence-electron chi connectivity index (χ4n) is 1.62. The molecular weight excluding hydrogens is 232 g/mol. The van der Waals surface area contributed by atoms with Crippen LogP contribution in [0.1, 0.15) is 11.7 Å². The van der Waals surface area contributed by atoms with E-state index in [0.29, 0.717) is 6.61 Å². The third-order valence-corrected chi connectivity index (χ3v) is 2.68. The molecule has 1 N–H and O–H groups in total. The molecule has 96 valence electrons. The van der Waals surface area contributed by atoms with E-state index in [1.807, 2.05) is 30.3 Å². The van der Waals surface area contributed by atoms with E-state index in [9.17, 15) is 5.11 Å². The number of aliphatic hydroxyl groups excluding tert-OH is 1. The van der Waals surface area contributed by atoms with Gasteiger partial charge in [0.25, 0.3) is 0 Å². The Hall–Kier alpha value is -1.94. The molecule has 0 spiro atoms. The van der Waals surface area contributed by atoms with Crippen molar-refractivity contribution in [3.05, 3.63) is 48.4 Å². The minimum Gasteiger partial charge on any atom is -0.497 e. The molecule has 0 radical (unpaired) electrons. The lowest BCUT2D eigenvalue weighted by Gasteiger charge is -2.13. The van der Waals surface area contributed by atoms with Crippen molar-refractivity contribution >= 4 is 0 Å². The minimum absolute atomic E-state index is 0.0102. The van der Waals surface area contributed by atoms with Crippen molar-refractivity contribution < 1.29 is 19.0 Å². The fraction of sp³-hybridized carbons (Fsp3) is 0.286. The molecule has 0 saturated heterocycles. The van der Waals surface area contributed by atoms with Crippen molar-refractivity contribution in [2.24, 2.45) is 0 Å². The van der Waals surface area contributed by atoms with Crippen LogP contribution in [0.4, 0.5) is 0 Å². The summed E-state index contributed by atoms with van der Waals surface area (Å²) in [5.41, 5.74) is 0.